The van der Waals surface area contributed by atoms with E-state index in [1.165, 1.54) is 12.0 Å². The molecule has 0 unspecified atom stereocenters. The Hall–Kier alpha value is -8.73. The third kappa shape index (κ3) is 13.7. The molecule has 6 amide bonds. The van der Waals surface area contributed by atoms with Crippen molar-refractivity contribution in [2.75, 3.05) is 76.2 Å². The number of aliphatic carboxylic acids is 1. The maximum atomic E-state index is 13.6. The Bertz CT molecular complexity index is 3650. The minimum atomic E-state index is -1.30. The summed E-state index contributed by atoms with van der Waals surface area (Å²) >= 11 is 0. The Morgan fingerprint density at radius 3 is 2.41 bits per heavy atom. The average molecular weight is 1180 g/mol. The number of carbonyl (C=O) groups excluding carboxylic acids is 5. The molecule has 9 N–H and O–H groups in total. The van der Waals surface area contributed by atoms with Crippen LogP contribution in [0.5, 0.6) is 5.75 Å². The lowest BCUT2D eigenvalue weighted by Gasteiger charge is -2.45. The van der Waals surface area contributed by atoms with Crippen LogP contribution in [0.3, 0.4) is 0 Å². The standard InChI is InChI=1S/C62H73N13O11/c1-61(68-25-7-8-39-11-16-50(84-3)49(32-39)74-29-22-53(78)75(60(74)83)37-66-52(77)17-18-54(79)80)23-30-72(31-24-61)42-20-27-73(28-21-42)59-69-48-15-12-40(46-35-71(2)58(82)55-44(46)19-26-65-55)33-45(48)56(70-59)62(86-43-13-14-43,41-9-5-4-6-10-41)36-85-38-67-57(81)47(63)34-51(64)76/h4-6,9-12,15-16,19,26,32-33,35,42-43,47,65,68H,13-14,17-18,20-25,27-31,34,36-38,63H2,1-3H3,(H2,64,76)(H,66,77)(H,67,81)(H,79,80)/t47-,62-/m0/s1. The molecule has 0 radical (unpaired) electrons. The van der Waals surface area contributed by atoms with E-state index >= 15 is 0 Å². The predicted molar refractivity (Wildman–Crippen MR) is 321 cm³/mol. The summed E-state index contributed by atoms with van der Waals surface area (Å²) in [5.74, 6) is 3.98. The van der Waals surface area contributed by atoms with E-state index in [0.29, 0.717) is 65.4 Å². The molecule has 4 aliphatic rings. The van der Waals surface area contributed by atoms with Gasteiger partial charge in [0, 0.05) is 98.5 Å². The van der Waals surface area contributed by atoms with Gasteiger partial charge in [0.15, 0.2) is 5.60 Å². The molecular weight excluding hydrogens is 1100 g/mol. The molecule has 6 heterocycles. The lowest BCUT2D eigenvalue weighted by Crippen LogP contribution is -2.55. The number of aryl methyl sites for hydroxylation is 1. The number of H-pyrrole nitrogens is 1. The molecule has 24 nitrogen and oxygen atoms in total. The number of nitrogens with two attached hydrogens (primary N) is 2. The number of methoxy groups -OCH3 is 1. The summed E-state index contributed by atoms with van der Waals surface area (Å²) in [6.07, 6.45) is 7.81. The maximum Gasteiger partial charge on any atom is 0.332 e. The summed E-state index contributed by atoms with van der Waals surface area (Å²) in [6.45, 7) is 5.29. The van der Waals surface area contributed by atoms with E-state index in [0.717, 1.165) is 84.0 Å². The van der Waals surface area contributed by atoms with Gasteiger partial charge < -0.3 is 66.1 Å². The van der Waals surface area contributed by atoms with Crippen LogP contribution in [0.1, 0.15) is 88.0 Å². The molecule has 6 aromatic rings. The normalized spacial score (nSPS) is 17.7. The molecule has 1 saturated carbocycles. The number of ether oxygens (including phenoxy) is 3. The Morgan fingerprint density at radius 1 is 0.919 bits per heavy atom. The Balaban J connectivity index is 0.831. The van der Waals surface area contributed by atoms with E-state index in [9.17, 15) is 33.6 Å². The number of urea groups is 1. The van der Waals surface area contributed by atoms with Crippen molar-refractivity contribution in [3.63, 3.8) is 0 Å². The number of piperidine rings is 2. The van der Waals surface area contributed by atoms with Gasteiger partial charge >= 0.3 is 12.0 Å². The number of fused-ring (bicyclic) bond motifs is 2. The largest absolute Gasteiger partial charge is 0.495 e. The number of aromatic nitrogens is 4. The molecule has 3 aliphatic heterocycles. The van der Waals surface area contributed by atoms with Crippen LogP contribution in [0, 0.1) is 11.8 Å². The van der Waals surface area contributed by atoms with E-state index in [1.54, 1.807) is 36.0 Å². The number of anilines is 2. The molecular formula is C62H73N13O11. The first-order valence-electron chi connectivity index (χ1n) is 29.1. The lowest BCUT2D eigenvalue weighted by molar-refractivity contribution is -0.139. The fourth-order valence-electron chi connectivity index (χ4n) is 11.5. The van der Waals surface area contributed by atoms with Gasteiger partial charge in [-0.3, -0.25) is 33.7 Å². The maximum absolute atomic E-state index is 13.6. The van der Waals surface area contributed by atoms with E-state index < -0.39 is 47.3 Å². The molecule has 1 aliphatic carbocycles. The zero-order valence-corrected chi connectivity index (χ0v) is 48.6. The Labute approximate surface area is 496 Å². The van der Waals surface area contributed by atoms with Crippen LogP contribution in [-0.2, 0) is 46.1 Å². The summed E-state index contributed by atoms with van der Waals surface area (Å²) in [6, 6.07) is 21.6. The van der Waals surface area contributed by atoms with Crippen molar-refractivity contribution in [3.8, 4) is 28.7 Å². The van der Waals surface area contributed by atoms with Gasteiger partial charge in [0.05, 0.1) is 62.1 Å². The van der Waals surface area contributed by atoms with Crippen molar-refractivity contribution in [1.82, 2.24) is 45.3 Å². The molecule has 2 atom stereocenters. The number of likely N-dealkylation sites (tertiary alicyclic amines) is 1. The van der Waals surface area contributed by atoms with Gasteiger partial charge in [-0.25, -0.2) is 19.7 Å². The number of imide groups is 1. The van der Waals surface area contributed by atoms with Gasteiger partial charge in [-0.15, -0.1) is 0 Å². The van der Waals surface area contributed by atoms with Crippen LogP contribution >= 0.6 is 0 Å². The highest BCUT2D eigenvalue weighted by Crippen LogP contribution is 2.44. The molecule has 3 aromatic heterocycles. The van der Waals surface area contributed by atoms with Crippen LogP contribution in [0.4, 0.5) is 16.4 Å². The molecule has 0 bridgehead atoms. The summed E-state index contributed by atoms with van der Waals surface area (Å²) in [5, 5.41) is 19.3. The number of rotatable bonds is 23. The lowest BCUT2D eigenvalue weighted by atomic mass is 9.87. The predicted octanol–water partition coefficient (Wildman–Crippen LogP) is 3.76. The first-order valence-corrected chi connectivity index (χ1v) is 29.1. The van der Waals surface area contributed by atoms with Gasteiger partial charge in [0.2, 0.25) is 29.6 Å². The van der Waals surface area contributed by atoms with Gasteiger partial charge in [-0.1, -0.05) is 48.2 Å². The van der Waals surface area contributed by atoms with E-state index in [2.05, 4.69) is 55.6 Å². The van der Waals surface area contributed by atoms with Crippen molar-refractivity contribution < 1.29 is 48.1 Å². The number of benzene rings is 3. The number of pyridine rings is 1. The number of carbonyl (C=O) groups is 6. The topological polar surface area (TPSA) is 315 Å². The van der Waals surface area contributed by atoms with Gasteiger partial charge in [0.1, 0.15) is 24.7 Å². The van der Waals surface area contributed by atoms with Crippen LogP contribution in [0.25, 0.3) is 32.9 Å². The SMILES string of the molecule is COc1ccc(C#CCNC2(C)CCN(C3CCN(c4nc([C@@](COCNC(=O)[C@@H](N)CC(N)=O)(OC5CC5)c5ccccc5)c5cc(-c6cn(C)c(=O)c7[nH]ccc67)ccc5n4)CC3)CC2)cc1N1CCC(=O)N(CNC(=O)CCC(=O)O)C1=O. The van der Waals surface area contributed by atoms with Crippen molar-refractivity contribution in [2.45, 2.75) is 100 Å². The van der Waals surface area contributed by atoms with Crippen LogP contribution in [0.2, 0.25) is 0 Å². The van der Waals surface area contributed by atoms with E-state index in [4.69, 9.17) is 40.8 Å². The van der Waals surface area contributed by atoms with Crippen molar-refractivity contribution in [1.29, 1.82) is 0 Å². The van der Waals surface area contributed by atoms with Crippen molar-refractivity contribution in [2.24, 2.45) is 18.5 Å². The summed E-state index contributed by atoms with van der Waals surface area (Å²) in [7, 11) is 3.22. The zero-order chi connectivity index (χ0) is 60.7. The molecule has 3 saturated heterocycles. The molecule has 4 fully saturated rings. The minimum absolute atomic E-state index is 0.00914. The summed E-state index contributed by atoms with van der Waals surface area (Å²) in [5.41, 5.74) is 15.0. The van der Waals surface area contributed by atoms with Gasteiger partial charge in [-0.05, 0) is 93.0 Å². The quantitative estimate of drug-likeness (QED) is 0.0273. The molecule has 3 aromatic carbocycles. The van der Waals surface area contributed by atoms with E-state index in [-0.39, 0.29) is 69.4 Å². The molecule has 86 heavy (non-hydrogen) atoms. The molecule has 10 rings (SSSR count). The van der Waals surface area contributed by atoms with Crippen LogP contribution in [0.15, 0.2) is 90.0 Å². The van der Waals surface area contributed by atoms with Crippen molar-refractivity contribution >= 4 is 69.1 Å². The highest BCUT2D eigenvalue weighted by atomic mass is 16.6. The van der Waals surface area contributed by atoms with E-state index in [1.807, 2.05) is 54.7 Å². The Morgan fingerprint density at radius 2 is 1.69 bits per heavy atom. The number of primary amides is 1. The number of aromatic amines is 1. The number of carboxylic acid groups (broad SMARTS) is 1. The molecule has 452 valence electrons. The summed E-state index contributed by atoms with van der Waals surface area (Å²) < 4.78 is 20.7. The number of amides is 6. The third-order valence-electron chi connectivity index (χ3n) is 16.6. The third-order valence-corrected chi connectivity index (χ3v) is 16.6. The van der Waals surface area contributed by atoms with Crippen LogP contribution in [-0.4, -0.2) is 160 Å². The monoisotopic (exact) mass is 1180 g/mol. The Kier molecular flexibility index (Phi) is 18.4. The summed E-state index contributed by atoms with van der Waals surface area (Å²) in [4.78, 5) is 108. The second kappa shape index (κ2) is 26.3. The van der Waals surface area contributed by atoms with Gasteiger partial charge in [-0.2, -0.15) is 0 Å². The first kappa shape index (κ1) is 60.4. The number of carboxylic acids is 1. The average Bonchev–Trinajstić information content (AvgIpc) is 1.69. The highest BCUT2D eigenvalue weighted by Gasteiger charge is 2.45. The number of hydrogen-bond donors (Lipinski definition) is 7. The number of hydrogen-bond acceptors (Lipinski definition) is 16. The highest BCUT2D eigenvalue weighted by molar-refractivity contribution is 6.06. The minimum Gasteiger partial charge on any atom is -0.495 e. The second-order valence-electron chi connectivity index (χ2n) is 22.7. The smallest absolute Gasteiger partial charge is 0.332 e. The van der Waals surface area contributed by atoms with Crippen LogP contribution < -0.4 is 47.5 Å². The molecule has 0 spiro atoms. The first-order chi connectivity index (χ1) is 41.4. The van der Waals surface area contributed by atoms with Gasteiger partial charge in [0.25, 0.3) is 5.56 Å². The molecule has 24 heteroatoms. The zero-order valence-electron chi connectivity index (χ0n) is 48.6. The fourth-order valence-corrected chi connectivity index (χ4v) is 11.5. The fraction of sp³-hybridized carbons (Fsp3) is 0.435. The second-order valence-corrected chi connectivity index (χ2v) is 22.7. The van der Waals surface area contributed by atoms with Crippen molar-refractivity contribution in [3.05, 3.63) is 112 Å². The number of nitrogens with zero attached hydrogens (tertiary/aromatic N) is 7. The number of nitrogens with one attached hydrogen (secondary N) is 4.